The highest BCUT2D eigenvalue weighted by Gasteiger charge is 2.24. The van der Waals surface area contributed by atoms with Gasteiger partial charge in [0.05, 0.1) is 18.5 Å². The molecule has 1 N–H and O–H groups in total. The molecule has 0 aliphatic carbocycles. The van der Waals surface area contributed by atoms with E-state index in [1.807, 2.05) is 36.1 Å². The molecule has 3 aromatic rings. The molecule has 144 valence electrons. The molecule has 8 nitrogen and oxygen atoms in total. The van der Waals surface area contributed by atoms with Crippen LogP contribution in [0.1, 0.15) is 21.9 Å². The Morgan fingerprint density at radius 2 is 2.00 bits per heavy atom. The normalized spacial score (nSPS) is 14.2. The Labute approximate surface area is 163 Å². The summed E-state index contributed by atoms with van der Waals surface area (Å²) in [7, 11) is 0. The molecule has 28 heavy (non-hydrogen) atoms. The summed E-state index contributed by atoms with van der Waals surface area (Å²) in [5.74, 6) is 1.75. The molecule has 0 aromatic carbocycles. The molecule has 1 aliphatic heterocycles. The third-order valence-corrected chi connectivity index (χ3v) is 4.62. The first kappa shape index (κ1) is 18.0. The molecule has 0 spiro atoms. The van der Waals surface area contributed by atoms with Gasteiger partial charge in [-0.25, -0.2) is 4.98 Å². The van der Waals surface area contributed by atoms with Gasteiger partial charge in [0.15, 0.2) is 5.76 Å². The van der Waals surface area contributed by atoms with Crippen molar-refractivity contribution in [1.29, 1.82) is 0 Å². The van der Waals surface area contributed by atoms with Crippen molar-refractivity contribution in [3.05, 3.63) is 66.0 Å². The number of rotatable bonds is 5. The Morgan fingerprint density at radius 1 is 1.14 bits per heavy atom. The molecule has 0 radical (unpaired) electrons. The van der Waals surface area contributed by atoms with Gasteiger partial charge in [-0.3, -0.25) is 9.78 Å². The van der Waals surface area contributed by atoms with E-state index in [2.05, 4.69) is 25.2 Å². The molecule has 3 aromatic heterocycles. The van der Waals surface area contributed by atoms with Crippen molar-refractivity contribution >= 4 is 17.7 Å². The van der Waals surface area contributed by atoms with Gasteiger partial charge in [0.1, 0.15) is 5.82 Å². The first-order valence-corrected chi connectivity index (χ1v) is 9.26. The maximum absolute atomic E-state index is 12.4. The SMILES string of the molecule is Cc1cc(N2CCN(C(=O)c3ccco3)CC2)nc(NCc2ccccn2)n1. The van der Waals surface area contributed by atoms with Crippen molar-refractivity contribution in [2.24, 2.45) is 0 Å². The fraction of sp³-hybridized carbons (Fsp3) is 0.300. The number of pyridine rings is 1. The summed E-state index contributed by atoms with van der Waals surface area (Å²) < 4.78 is 5.22. The molecule has 4 heterocycles. The zero-order chi connectivity index (χ0) is 19.3. The van der Waals surface area contributed by atoms with Crippen molar-refractivity contribution in [2.75, 3.05) is 36.4 Å². The van der Waals surface area contributed by atoms with Crippen LogP contribution in [0.2, 0.25) is 0 Å². The summed E-state index contributed by atoms with van der Waals surface area (Å²) in [6, 6.07) is 11.2. The number of amides is 1. The minimum atomic E-state index is -0.0683. The number of aromatic nitrogens is 3. The molecule has 0 saturated carbocycles. The number of hydrogen-bond donors (Lipinski definition) is 1. The van der Waals surface area contributed by atoms with Gasteiger partial charge >= 0.3 is 0 Å². The Kier molecular flexibility index (Phi) is 5.18. The van der Waals surface area contributed by atoms with E-state index in [1.165, 1.54) is 6.26 Å². The second-order valence-electron chi connectivity index (χ2n) is 6.62. The Morgan fingerprint density at radius 3 is 2.71 bits per heavy atom. The molecule has 8 heteroatoms. The summed E-state index contributed by atoms with van der Waals surface area (Å²) in [5.41, 5.74) is 1.82. The van der Waals surface area contributed by atoms with Gasteiger partial charge in [-0.05, 0) is 31.2 Å². The van der Waals surface area contributed by atoms with Crippen LogP contribution in [0.25, 0.3) is 0 Å². The quantitative estimate of drug-likeness (QED) is 0.729. The molecule has 1 saturated heterocycles. The van der Waals surface area contributed by atoms with Crippen LogP contribution in [0, 0.1) is 6.92 Å². The first-order chi connectivity index (χ1) is 13.7. The van der Waals surface area contributed by atoms with E-state index in [1.54, 1.807) is 18.3 Å². The topological polar surface area (TPSA) is 87.4 Å². The van der Waals surface area contributed by atoms with E-state index in [4.69, 9.17) is 4.42 Å². The lowest BCUT2D eigenvalue weighted by Gasteiger charge is -2.35. The van der Waals surface area contributed by atoms with Crippen LogP contribution in [0.4, 0.5) is 11.8 Å². The van der Waals surface area contributed by atoms with Gasteiger partial charge < -0.3 is 19.5 Å². The number of anilines is 2. The average Bonchev–Trinajstić information content (AvgIpc) is 3.27. The molecule has 1 amide bonds. The smallest absolute Gasteiger partial charge is 0.289 e. The third kappa shape index (κ3) is 4.11. The molecule has 1 aliphatic rings. The van der Waals surface area contributed by atoms with Gasteiger partial charge in [-0.1, -0.05) is 6.07 Å². The molecule has 0 unspecified atom stereocenters. The van der Waals surface area contributed by atoms with Gasteiger partial charge in [0.25, 0.3) is 5.91 Å². The first-order valence-electron chi connectivity index (χ1n) is 9.26. The standard InChI is InChI=1S/C20H22N6O2/c1-15-13-18(24-20(23-15)22-14-16-5-2-3-7-21-16)25-8-10-26(11-9-25)19(27)17-6-4-12-28-17/h2-7,12-13H,8-11,14H2,1H3,(H,22,23,24). The van der Waals surface area contributed by atoms with Crippen molar-refractivity contribution in [3.8, 4) is 0 Å². The number of carbonyl (C=O) groups excluding carboxylic acids is 1. The van der Waals surface area contributed by atoms with E-state index in [0.29, 0.717) is 44.4 Å². The molecule has 0 bridgehead atoms. The monoisotopic (exact) mass is 378 g/mol. The van der Waals surface area contributed by atoms with Crippen LogP contribution in [0.15, 0.2) is 53.3 Å². The summed E-state index contributed by atoms with van der Waals surface area (Å²) in [6.45, 7) is 5.19. The number of carbonyl (C=O) groups is 1. The number of furan rings is 1. The van der Waals surface area contributed by atoms with Crippen LogP contribution in [0.5, 0.6) is 0 Å². The average molecular weight is 378 g/mol. The van der Waals surface area contributed by atoms with Crippen molar-refractivity contribution in [2.45, 2.75) is 13.5 Å². The van der Waals surface area contributed by atoms with Gasteiger partial charge in [-0.15, -0.1) is 0 Å². The van der Waals surface area contributed by atoms with E-state index in [-0.39, 0.29) is 5.91 Å². The Hall–Kier alpha value is -3.42. The van der Waals surface area contributed by atoms with Crippen LogP contribution in [-0.4, -0.2) is 51.9 Å². The highest BCUT2D eigenvalue weighted by Crippen LogP contribution is 2.18. The van der Waals surface area contributed by atoms with E-state index in [9.17, 15) is 4.79 Å². The van der Waals surface area contributed by atoms with Crippen molar-refractivity contribution in [1.82, 2.24) is 19.9 Å². The Bertz CT molecular complexity index is 921. The largest absolute Gasteiger partial charge is 0.459 e. The summed E-state index contributed by atoms with van der Waals surface area (Å²) in [4.78, 5) is 29.8. The zero-order valence-electron chi connectivity index (χ0n) is 15.7. The van der Waals surface area contributed by atoms with Crippen molar-refractivity contribution in [3.63, 3.8) is 0 Å². The van der Waals surface area contributed by atoms with Gasteiger partial charge in [-0.2, -0.15) is 4.98 Å². The number of hydrogen-bond acceptors (Lipinski definition) is 7. The van der Waals surface area contributed by atoms with Gasteiger partial charge in [0.2, 0.25) is 5.95 Å². The summed E-state index contributed by atoms with van der Waals surface area (Å²) in [5, 5.41) is 3.24. The van der Waals surface area contributed by atoms with E-state index in [0.717, 1.165) is 17.2 Å². The van der Waals surface area contributed by atoms with Gasteiger partial charge in [0, 0.05) is 44.1 Å². The predicted molar refractivity (Wildman–Crippen MR) is 105 cm³/mol. The molecule has 0 atom stereocenters. The third-order valence-electron chi connectivity index (χ3n) is 4.62. The lowest BCUT2D eigenvalue weighted by molar-refractivity contribution is 0.0714. The van der Waals surface area contributed by atoms with Crippen LogP contribution >= 0.6 is 0 Å². The lowest BCUT2D eigenvalue weighted by atomic mass is 10.2. The number of nitrogens with zero attached hydrogens (tertiary/aromatic N) is 5. The number of aryl methyl sites for hydroxylation is 1. The number of piperazine rings is 1. The summed E-state index contributed by atoms with van der Waals surface area (Å²) >= 11 is 0. The van der Waals surface area contributed by atoms with E-state index < -0.39 is 0 Å². The second kappa shape index (κ2) is 8.08. The van der Waals surface area contributed by atoms with Crippen LogP contribution < -0.4 is 10.2 Å². The van der Waals surface area contributed by atoms with E-state index >= 15 is 0 Å². The fourth-order valence-electron chi connectivity index (χ4n) is 3.16. The lowest BCUT2D eigenvalue weighted by Crippen LogP contribution is -2.49. The molecule has 1 fully saturated rings. The van der Waals surface area contributed by atoms with Crippen LogP contribution in [-0.2, 0) is 6.54 Å². The molecule has 4 rings (SSSR count). The van der Waals surface area contributed by atoms with Crippen LogP contribution in [0.3, 0.4) is 0 Å². The molecular formula is C20H22N6O2. The maximum atomic E-state index is 12.4. The highest BCUT2D eigenvalue weighted by molar-refractivity contribution is 5.91. The molecular weight excluding hydrogens is 356 g/mol. The number of nitrogens with one attached hydrogen (secondary N) is 1. The highest BCUT2D eigenvalue weighted by atomic mass is 16.3. The Balaban J connectivity index is 1.39. The predicted octanol–water partition coefficient (Wildman–Crippen LogP) is 2.35. The zero-order valence-corrected chi connectivity index (χ0v) is 15.7. The second-order valence-corrected chi connectivity index (χ2v) is 6.62. The minimum Gasteiger partial charge on any atom is -0.459 e. The maximum Gasteiger partial charge on any atom is 0.289 e. The summed E-state index contributed by atoms with van der Waals surface area (Å²) in [6.07, 6.45) is 3.29. The van der Waals surface area contributed by atoms with Crippen molar-refractivity contribution < 1.29 is 9.21 Å². The fourth-order valence-corrected chi connectivity index (χ4v) is 3.16. The minimum absolute atomic E-state index is 0.0683.